The van der Waals surface area contributed by atoms with Crippen LogP contribution in [0.4, 0.5) is 0 Å². The summed E-state index contributed by atoms with van der Waals surface area (Å²) in [6.07, 6.45) is 5.00. The van der Waals surface area contributed by atoms with Crippen LogP contribution < -0.4 is 0 Å². The molecule has 124 valence electrons. The quantitative estimate of drug-likeness (QED) is 0.887. The minimum atomic E-state index is 0.336. The Bertz CT molecular complexity index is 651. The highest BCUT2D eigenvalue weighted by atomic mass is 16.5. The number of ether oxygens (including phenoxy) is 1. The molecule has 23 heavy (non-hydrogen) atoms. The standard InChI is InChI=1S/C18H26N4O/c1-21-6-7-23-17(12-21)13-22(10-14-2-3-14)11-15-4-5-16-9-19-20-18(16)8-15/h4-5,8-9,14,17H,2-3,6-7,10-13H2,1H3,(H,19,20). The number of nitrogens with zero attached hydrogens (tertiary/aromatic N) is 3. The molecule has 1 aromatic heterocycles. The van der Waals surface area contributed by atoms with Crippen molar-refractivity contribution in [2.75, 3.05) is 39.8 Å². The van der Waals surface area contributed by atoms with Gasteiger partial charge in [-0.25, -0.2) is 0 Å². The predicted molar refractivity (Wildman–Crippen MR) is 91.3 cm³/mol. The molecule has 1 aromatic carbocycles. The van der Waals surface area contributed by atoms with Crippen molar-refractivity contribution in [2.24, 2.45) is 5.92 Å². The van der Waals surface area contributed by atoms with Crippen LogP contribution in [0.15, 0.2) is 24.4 Å². The molecule has 2 aliphatic rings. The van der Waals surface area contributed by atoms with E-state index in [1.54, 1.807) is 0 Å². The zero-order chi connectivity index (χ0) is 15.6. The molecule has 5 nitrogen and oxygen atoms in total. The molecule has 4 rings (SSSR count). The van der Waals surface area contributed by atoms with Gasteiger partial charge in [0.1, 0.15) is 0 Å². The Morgan fingerprint density at radius 2 is 2.26 bits per heavy atom. The lowest BCUT2D eigenvalue weighted by Gasteiger charge is -2.34. The first kappa shape index (κ1) is 15.1. The Morgan fingerprint density at radius 3 is 3.09 bits per heavy atom. The monoisotopic (exact) mass is 314 g/mol. The van der Waals surface area contributed by atoms with E-state index >= 15 is 0 Å². The highest BCUT2D eigenvalue weighted by Gasteiger charge is 2.27. The van der Waals surface area contributed by atoms with Crippen LogP contribution in [0.3, 0.4) is 0 Å². The van der Waals surface area contributed by atoms with Crippen LogP contribution in [0, 0.1) is 5.92 Å². The number of hydrogen-bond acceptors (Lipinski definition) is 4. The number of H-pyrrole nitrogens is 1. The van der Waals surface area contributed by atoms with Crippen molar-refractivity contribution in [3.63, 3.8) is 0 Å². The molecule has 2 aromatic rings. The molecule has 1 saturated heterocycles. The van der Waals surface area contributed by atoms with Gasteiger partial charge in [0.15, 0.2) is 0 Å². The van der Waals surface area contributed by atoms with Gasteiger partial charge in [0, 0.05) is 38.1 Å². The van der Waals surface area contributed by atoms with Gasteiger partial charge in [-0.3, -0.25) is 10.00 Å². The van der Waals surface area contributed by atoms with E-state index in [-0.39, 0.29) is 0 Å². The van der Waals surface area contributed by atoms with Crippen LogP contribution in [0.5, 0.6) is 0 Å². The third-order valence-electron chi connectivity index (χ3n) is 4.93. The number of likely N-dealkylation sites (N-methyl/N-ethyl adjacent to an activating group) is 1. The topological polar surface area (TPSA) is 44.4 Å². The SMILES string of the molecule is CN1CCOC(CN(Cc2ccc3cn[nH]c3c2)CC2CC2)C1. The van der Waals surface area contributed by atoms with Gasteiger partial charge in [0.25, 0.3) is 0 Å². The van der Waals surface area contributed by atoms with E-state index in [0.717, 1.165) is 44.2 Å². The summed E-state index contributed by atoms with van der Waals surface area (Å²) in [5.74, 6) is 0.896. The van der Waals surface area contributed by atoms with Crippen molar-refractivity contribution in [1.29, 1.82) is 0 Å². The first-order chi connectivity index (χ1) is 11.3. The molecule has 0 radical (unpaired) electrons. The molecular weight excluding hydrogens is 288 g/mol. The van der Waals surface area contributed by atoms with Gasteiger partial charge in [0.2, 0.25) is 0 Å². The van der Waals surface area contributed by atoms with Crippen LogP contribution in [0.25, 0.3) is 10.9 Å². The van der Waals surface area contributed by atoms with E-state index in [4.69, 9.17) is 4.74 Å². The largest absolute Gasteiger partial charge is 0.374 e. The second-order valence-corrected chi connectivity index (χ2v) is 7.18. The second kappa shape index (κ2) is 6.59. The summed E-state index contributed by atoms with van der Waals surface area (Å²) in [4.78, 5) is 4.96. The number of morpholine rings is 1. The molecule has 1 N–H and O–H groups in total. The van der Waals surface area contributed by atoms with E-state index in [9.17, 15) is 0 Å². The van der Waals surface area contributed by atoms with Crippen LogP contribution in [0.1, 0.15) is 18.4 Å². The van der Waals surface area contributed by atoms with Crippen LogP contribution >= 0.6 is 0 Å². The third-order valence-corrected chi connectivity index (χ3v) is 4.93. The van der Waals surface area contributed by atoms with Crippen molar-refractivity contribution < 1.29 is 4.74 Å². The summed E-state index contributed by atoms with van der Waals surface area (Å²) in [5, 5.41) is 8.37. The first-order valence-electron chi connectivity index (χ1n) is 8.71. The predicted octanol–water partition coefficient (Wildman–Crippen LogP) is 2.11. The van der Waals surface area contributed by atoms with Crippen LogP contribution in [0.2, 0.25) is 0 Å². The van der Waals surface area contributed by atoms with Crippen molar-refractivity contribution in [2.45, 2.75) is 25.5 Å². The average Bonchev–Trinajstić information content (AvgIpc) is 3.22. The number of aromatic amines is 1. The van der Waals surface area contributed by atoms with Crippen molar-refractivity contribution in [3.05, 3.63) is 30.0 Å². The van der Waals surface area contributed by atoms with Crippen molar-refractivity contribution >= 4 is 10.9 Å². The Labute approximate surface area is 137 Å². The van der Waals surface area contributed by atoms with Gasteiger partial charge in [0.05, 0.1) is 24.4 Å². The third kappa shape index (κ3) is 3.91. The molecule has 1 aliphatic heterocycles. The van der Waals surface area contributed by atoms with Crippen LogP contribution in [-0.2, 0) is 11.3 Å². The van der Waals surface area contributed by atoms with E-state index in [2.05, 4.69) is 45.2 Å². The van der Waals surface area contributed by atoms with Gasteiger partial charge < -0.3 is 9.64 Å². The molecule has 0 amide bonds. The summed E-state index contributed by atoms with van der Waals surface area (Å²) in [7, 11) is 2.19. The molecule has 0 spiro atoms. The van der Waals surface area contributed by atoms with Crippen LogP contribution in [-0.4, -0.2) is 65.9 Å². The Balaban J connectivity index is 1.43. The zero-order valence-corrected chi connectivity index (χ0v) is 13.9. The maximum atomic E-state index is 5.98. The summed E-state index contributed by atoms with van der Waals surface area (Å²) in [6.45, 7) is 6.18. The number of hydrogen-bond donors (Lipinski definition) is 1. The molecule has 1 atom stereocenters. The van der Waals surface area contributed by atoms with E-state index in [0.29, 0.717) is 6.10 Å². The molecule has 2 heterocycles. The number of aromatic nitrogens is 2. The van der Waals surface area contributed by atoms with E-state index in [1.807, 2.05) is 6.20 Å². The maximum absolute atomic E-state index is 5.98. The molecule has 0 bridgehead atoms. The van der Waals surface area contributed by atoms with Gasteiger partial charge in [-0.2, -0.15) is 5.10 Å². The molecule has 1 saturated carbocycles. The summed E-state index contributed by atoms with van der Waals surface area (Å²) >= 11 is 0. The number of rotatable bonds is 6. The fraction of sp³-hybridized carbons (Fsp3) is 0.611. The maximum Gasteiger partial charge on any atom is 0.0829 e. The van der Waals surface area contributed by atoms with E-state index < -0.39 is 0 Å². The van der Waals surface area contributed by atoms with Gasteiger partial charge >= 0.3 is 0 Å². The molecule has 2 fully saturated rings. The Hall–Kier alpha value is -1.43. The normalized spacial score (nSPS) is 23.0. The Morgan fingerprint density at radius 1 is 1.35 bits per heavy atom. The first-order valence-corrected chi connectivity index (χ1v) is 8.71. The summed E-state index contributed by atoms with van der Waals surface area (Å²) in [5.41, 5.74) is 2.48. The molecular formula is C18H26N4O. The summed E-state index contributed by atoms with van der Waals surface area (Å²) < 4.78 is 5.98. The minimum absolute atomic E-state index is 0.336. The lowest BCUT2D eigenvalue weighted by atomic mass is 10.1. The van der Waals surface area contributed by atoms with Crippen molar-refractivity contribution in [3.8, 4) is 0 Å². The number of fused-ring (bicyclic) bond motifs is 1. The fourth-order valence-corrected chi connectivity index (χ4v) is 3.48. The number of nitrogens with one attached hydrogen (secondary N) is 1. The minimum Gasteiger partial charge on any atom is -0.374 e. The van der Waals surface area contributed by atoms with E-state index in [1.165, 1.54) is 30.3 Å². The molecule has 5 heteroatoms. The lowest BCUT2D eigenvalue weighted by molar-refractivity contribution is -0.0372. The number of benzene rings is 1. The van der Waals surface area contributed by atoms with Gasteiger partial charge in [-0.05, 0) is 37.4 Å². The molecule has 1 unspecified atom stereocenters. The molecule has 1 aliphatic carbocycles. The lowest BCUT2D eigenvalue weighted by Crippen LogP contribution is -2.46. The van der Waals surface area contributed by atoms with Gasteiger partial charge in [-0.15, -0.1) is 0 Å². The smallest absolute Gasteiger partial charge is 0.0829 e. The Kier molecular flexibility index (Phi) is 4.33. The summed E-state index contributed by atoms with van der Waals surface area (Å²) in [6, 6.07) is 6.62. The highest BCUT2D eigenvalue weighted by molar-refractivity contribution is 5.78. The fourth-order valence-electron chi connectivity index (χ4n) is 3.48. The second-order valence-electron chi connectivity index (χ2n) is 7.18. The van der Waals surface area contributed by atoms with Gasteiger partial charge in [-0.1, -0.05) is 12.1 Å². The highest BCUT2D eigenvalue weighted by Crippen LogP contribution is 2.30. The van der Waals surface area contributed by atoms with Crippen molar-refractivity contribution in [1.82, 2.24) is 20.0 Å². The average molecular weight is 314 g/mol. The zero-order valence-electron chi connectivity index (χ0n) is 13.9.